The number of aliphatic hydroxyl groups excluding tert-OH is 1. The molecule has 1 aromatic rings. The molecule has 2 heterocycles. The number of ether oxygens (including phenoxy) is 1. The van der Waals surface area contributed by atoms with Gasteiger partial charge in [0.1, 0.15) is 0 Å². The zero-order chi connectivity index (χ0) is 14.0. The van der Waals surface area contributed by atoms with Gasteiger partial charge in [-0.15, -0.1) is 11.3 Å². The molecule has 0 amide bonds. The highest BCUT2D eigenvalue weighted by Crippen LogP contribution is 2.33. The molecule has 0 bridgehead atoms. The van der Waals surface area contributed by atoms with Gasteiger partial charge in [-0.1, -0.05) is 0 Å². The first kappa shape index (κ1) is 15.4. The summed E-state index contributed by atoms with van der Waals surface area (Å²) in [6, 6.07) is 4.36. The fraction of sp³-hybridized carbons (Fsp3) is 0.692. The van der Waals surface area contributed by atoms with Crippen molar-refractivity contribution in [1.29, 1.82) is 0 Å². The molecule has 1 aromatic heterocycles. The summed E-state index contributed by atoms with van der Waals surface area (Å²) in [7, 11) is 0. The average Bonchev–Trinajstić information content (AvgIpc) is 2.74. The van der Waals surface area contributed by atoms with Crippen molar-refractivity contribution in [2.45, 2.75) is 31.6 Å². The van der Waals surface area contributed by atoms with Crippen LogP contribution < -0.4 is 5.73 Å². The highest BCUT2D eigenvalue weighted by Gasteiger charge is 2.36. The van der Waals surface area contributed by atoms with Crippen LogP contribution in [0, 0.1) is 0 Å². The molecule has 4 nitrogen and oxygen atoms in total. The van der Waals surface area contributed by atoms with Gasteiger partial charge < -0.3 is 15.6 Å². The van der Waals surface area contributed by atoms with Gasteiger partial charge in [-0.05, 0) is 41.9 Å². The third-order valence-corrected chi connectivity index (χ3v) is 5.02. The molecule has 2 unspecified atom stereocenters. The van der Waals surface area contributed by atoms with Crippen LogP contribution in [0.2, 0.25) is 0 Å². The summed E-state index contributed by atoms with van der Waals surface area (Å²) >= 11 is 5.21. The third kappa shape index (κ3) is 3.77. The third-order valence-electron chi connectivity index (χ3n) is 3.30. The lowest BCUT2D eigenvalue weighted by Crippen LogP contribution is -2.55. The van der Waals surface area contributed by atoms with Crippen LogP contribution in [0.5, 0.6) is 0 Å². The Balaban J connectivity index is 2.17. The van der Waals surface area contributed by atoms with Crippen molar-refractivity contribution >= 4 is 27.3 Å². The zero-order valence-corrected chi connectivity index (χ0v) is 13.7. The summed E-state index contributed by atoms with van der Waals surface area (Å²) in [6.45, 7) is 6.27. The molecule has 108 valence electrons. The molecule has 6 heteroatoms. The lowest BCUT2D eigenvalue weighted by Gasteiger charge is -2.45. The van der Waals surface area contributed by atoms with E-state index in [1.807, 2.05) is 0 Å². The Hall–Kier alpha value is 0.0200. The minimum absolute atomic E-state index is 0.0470. The molecule has 1 aliphatic rings. The van der Waals surface area contributed by atoms with Crippen LogP contribution in [0.3, 0.4) is 0 Å². The van der Waals surface area contributed by atoms with Crippen molar-refractivity contribution in [3.63, 3.8) is 0 Å². The summed E-state index contributed by atoms with van der Waals surface area (Å²) in [5, 5.41) is 9.38. The Labute approximate surface area is 126 Å². The van der Waals surface area contributed by atoms with E-state index in [4.69, 9.17) is 10.5 Å². The number of hydrogen-bond donors (Lipinski definition) is 2. The van der Waals surface area contributed by atoms with E-state index >= 15 is 0 Å². The van der Waals surface area contributed by atoms with E-state index in [1.54, 1.807) is 11.3 Å². The van der Waals surface area contributed by atoms with Crippen LogP contribution in [-0.2, 0) is 4.74 Å². The second-order valence-electron chi connectivity index (χ2n) is 5.50. The Morgan fingerprint density at radius 1 is 1.63 bits per heavy atom. The fourth-order valence-corrected chi connectivity index (χ4v) is 4.20. The molecule has 0 spiro atoms. The van der Waals surface area contributed by atoms with Crippen molar-refractivity contribution in [2.75, 3.05) is 26.2 Å². The smallest absolute Gasteiger partial charge is 0.0940 e. The monoisotopic (exact) mass is 348 g/mol. The van der Waals surface area contributed by atoms with Crippen LogP contribution in [0.15, 0.2) is 15.9 Å². The lowest BCUT2D eigenvalue weighted by atomic mass is 10.0. The van der Waals surface area contributed by atoms with E-state index < -0.39 is 0 Å². The minimum atomic E-state index is -0.256. The van der Waals surface area contributed by atoms with Gasteiger partial charge in [0.25, 0.3) is 0 Å². The van der Waals surface area contributed by atoms with Gasteiger partial charge in [0, 0.05) is 24.5 Å². The maximum Gasteiger partial charge on any atom is 0.0940 e. The summed E-state index contributed by atoms with van der Waals surface area (Å²) in [4.78, 5) is 3.58. The lowest BCUT2D eigenvalue weighted by molar-refractivity contribution is -0.156. The predicted molar refractivity (Wildman–Crippen MR) is 81.4 cm³/mol. The predicted octanol–water partition coefficient (Wildman–Crippen LogP) is 1.98. The maximum absolute atomic E-state index is 9.38. The molecule has 1 saturated heterocycles. The van der Waals surface area contributed by atoms with Gasteiger partial charge >= 0.3 is 0 Å². The van der Waals surface area contributed by atoms with E-state index in [9.17, 15) is 5.11 Å². The molecule has 1 fully saturated rings. The zero-order valence-electron chi connectivity index (χ0n) is 11.3. The first-order chi connectivity index (χ1) is 8.95. The number of thiophene rings is 1. The van der Waals surface area contributed by atoms with Gasteiger partial charge in [0.2, 0.25) is 0 Å². The molecule has 0 aromatic carbocycles. The van der Waals surface area contributed by atoms with Crippen molar-refractivity contribution in [2.24, 2.45) is 5.73 Å². The number of morpholine rings is 1. The topological polar surface area (TPSA) is 58.7 Å². The maximum atomic E-state index is 9.38. The largest absolute Gasteiger partial charge is 0.394 e. The average molecular weight is 349 g/mol. The molecular formula is C13H21BrN2O2S. The Bertz CT molecular complexity index is 425. The van der Waals surface area contributed by atoms with Gasteiger partial charge in [0.15, 0.2) is 0 Å². The summed E-state index contributed by atoms with van der Waals surface area (Å²) in [6.07, 6.45) is -0.138. The van der Waals surface area contributed by atoms with Crippen LogP contribution in [0.1, 0.15) is 24.8 Å². The Morgan fingerprint density at radius 3 is 2.89 bits per heavy atom. The SMILES string of the molecule is CC1(C)CN(C(CN)c2ccc(Br)s2)CC(CO)O1. The summed E-state index contributed by atoms with van der Waals surface area (Å²) < 4.78 is 6.97. The molecular weight excluding hydrogens is 328 g/mol. The number of aliphatic hydroxyl groups is 1. The standard InChI is InChI=1S/C13H21BrN2O2S/c1-13(2)8-16(6-9(7-17)18-13)10(5-15)11-3-4-12(14)19-11/h3-4,9-10,17H,5-8,15H2,1-2H3. The highest BCUT2D eigenvalue weighted by molar-refractivity contribution is 9.11. The van der Waals surface area contributed by atoms with Gasteiger partial charge in [0.05, 0.1) is 28.1 Å². The number of nitrogens with zero attached hydrogens (tertiary/aromatic N) is 1. The second-order valence-corrected chi connectivity index (χ2v) is 8.00. The van der Waals surface area contributed by atoms with Gasteiger partial charge in [-0.2, -0.15) is 0 Å². The molecule has 0 aliphatic carbocycles. The first-order valence-corrected chi connectivity index (χ1v) is 8.04. The van der Waals surface area contributed by atoms with Crippen molar-refractivity contribution in [3.05, 3.63) is 20.8 Å². The fourth-order valence-electron chi connectivity index (χ4n) is 2.63. The van der Waals surface area contributed by atoms with E-state index in [2.05, 4.69) is 46.8 Å². The normalized spacial score (nSPS) is 25.4. The number of nitrogens with two attached hydrogens (primary N) is 1. The van der Waals surface area contributed by atoms with E-state index in [0.717, 1.165) is 16.9 Å². The molecule has 2 atom stereocenters. The molecule has 3 N–H and O–H groups in total. The Kier molecular flexibility index (Phi) is 5.03. The summed E-state index contributed by atoms with van der Waals surface area (Å²) in [5.41, 5.74) is 5.71. The van der Waals surface area contributed by atoms with Crippen LogP contribution in [0.25, 0.3) is 0 Å². The van der Waals surface area contributed by atoms with E-state index in [0.29, 0.717) is 6.54 Å². The molecule has 2 rings (SSSR count). The van der Waals surface area contributed by atoms with E-state index in [1.165, 1.54) is 4.88 Å². The van der Waals surface area contributed by atoms with Crippen molar-refractivity contribution < 1.29 is 9.84 Å². The van der Waals surface area contributed by atoms with Crippen molar-refractivity contribution in [3.8, 4) is 0 Å². The summed E-state index contributed by atoms with van der Waals surface area (Å²) in [5.74, 6) is 0. The first-order valence-electron chi connectivity index (χ1n) is 6.43. The van der Waals surface area contributed by atoms with Crippen molar-refractivity contribution in [1.82, 2.24) is 4.90 Å². The molecule has 0 saturated carbocycles. The highest BCUT2D eigenvalue weighted by atomic mass is 79.9. The molecule has 19 heavy (non-hydrogen) atoms. The number of rotatable bonds is 4. The molecule has 0 radical (unpaired) electrons. The second kappa shape index (κ2) is 6.20. The minimum Gasteiger partial charge on any atom is -0.394 e. The Morgan fingerprint density at radius 2 is 2.37 bits per heavy atom. The van der Waals surface area contributed by atoms with Crippen LogP contribution >= 0.6 is 27.3 Å². The number of hydrogen-bond acceptors (Lipinski definition) is 5. The van der Waals surface area contributed by atoms with E-state index in [-0.39, 0.29) is 24.4 Å². The van der Waals surface area contributed by atoms with Crippen LogP contribution in [-0.4, -0.2) is 48.0 Å². The van der Waals surface area contributed by atoms with Gasteiger partial charge in [-0.25, -0.2) is 0 Å². The van der Waals surface area contributed by atoms with Crippen LogP contribution in [0.4, 0.5) is 0 Å². The number of halogens is 1. The quantitative estimate of drug-likeness (QED) is 0.873. The van der Waals surface area contributed by atoms with Gasteiger partial charge in [-0.3, -0.25) is 4.90 Å². The molecule has 1 aliphatic heterocycles.